The van der Waals surface area contributed by atoms with Gasteiger partial charge in [-0.05, 0) is 23.8 Å². The Labute approximate surface area is 160 Å². The molecule has 0 aromatic heterocycles. The summed E-state index contributed by atoms with van der Waals surface area (Å²) < 4.78 is 30.3. The minimum Gasteiger partial charge on any atom is -0.434 e. The standard InChI is InChI=1S/C20H17F2N5O/c21-20(22)28-18-12-6-3-8-14(18)13-7-1-2-9-15(13)19(26-27-24)25-17-11-5-4-10-16(17)23/h1-12,20H,23H2,(H2,24,25,26). The maximum atomic E-state index is 12.8. The Morgan fingerprint density at radius 2 is 1.50 bits per heavy atom. The largest absolute Gasteiger partial charge is 0.434 e. The number of halogens is 2. The van der Waals surface area contributed by atoms with Crippen LogP contribution in [0.25, 0.3) is 11.1 Å². The number of nitrogens with two attached hydrogens (primary N) is 2. The Balaban J connectivity index is 2.18. The fraction of sp³-hybridized carbons (Fsp3) is 0.0500. The molecule has 0 saturated heterocycles. The number of anilines is 1. The first kappa shape index (κ1) is 19.0. The van der Waals surface area contributed by atoms with Crippen molar-refractivity contribution in [2.24, 2.45) is 21.2 Å². The van der Waals surface area contributed by atoms with Crippen LogP contribution in [0, 0.1) is 0 Å². The minimum atomic E-state index is -2.95. The molecule has 6 nitrogen and oxygen atoms in total. The van der Waals surface area contributed by atoms with E-state index in [-0.39, 0.29) is 11.6 Å². The Hall–Kier alpha value is -3.81. The quantitative estimate of drug-likeness (QED) is 0.163. The van der Waals surface area contributed by atoms with Gasteiger partial charge in [0.05, 0.1) is 11.4 Å². The average Bonchev–Trinajstić information content (AvgIpc) is 2.69. The van der Waals surface area contributed by atoms with Crippen molar-refractivity contribution in [3.63, 3.8) is 0 Å². The molecular formula is C20H17F2N5O. The monoisotopic (exact) mass is 381 g/mol. The maximum absolute atomic E-state index is 12.8. The fourth-order valence-electron chi connectivity index (χ4n) is 2.70. The van der Waals surface area contributed by atoms with Crippen molar-refractivity contribution in [1.29, 1.82) is 0 Å². The van der Waals surface area contributed by atoms with Crippen molar-refractivity contribution in [1.82, 2.24) is 0 Å². The lowest BCUT2D eigenvalue weighted by Gasteiger charge is -2.14. The first-order chi connectivity index (χ1) is 13.6. The molecule has 0 radical (unpaired) electrons. The maximum Gasteiger partial charge on any atom is 0.387 e. The molecule has 0 amide bonds. The highest BCUT2D eigenvalue weighted by atomic mass is 19.3. The van der Waals surface area contributed by atoms with Gasteiger partial charge in [0.1, 0.15) is 5.75 Å². The molecule has 3 rings (SSSR count). The van der Waals surface area contributed by atoms with Gasteiger partial charge in [-0.15, -0.1) is 5.11 Å². The molecule has 4 N–H and O–H groups in total. The first-order valence-electron chi connectivity index (χ1n) is 8.28. The van der Waals surface area contributed by atoms with Gasteiger partial charge < -0.3 is 16.3 Å². The number of ether oxygens (including phenoxy) is 1. The third-order valence-electron chi connectivity index (χ3n) is 3.88. The van der Waals surface area contributed by atoms with Gasteiger partial charge in [0, 0.05) is 11.1 Å². The second-order valence-corrected chi connectivity index (χ2v) is 5.63. The Bertz CT molecular complexity index is 1020. The summed E-state index contributed by atoms with van der Waals surface area (Å²) in [4.78, 5) is 4.46. The van der Waals surface area contributed by atoms with Gasteiger partial charge >= 0.3 is 6.61 Å². The van der Waals surface area contributed by atoms with E-state index in [1.165, 1.54) is 6.07 Å². The number of nitrogen functional groups attached to an aromatic ring is 1. The van der Waals surface area contributed by atoms with Crippen LogP contribution in [0.5, 0.6) is 5.75 Å². The number of hydrogen-bond acceptors (Lipinski definition) is 4. The van der Waals surface area contributed by atoms with Gasteiger partial charge in [0.2, 0.25) is 0 Å². The molecule has 0 aliphatic heterocycles. The SMILES string of the molecule is NN=NC(=Nc1ccccc1N)c1ccccc1-c1ccccc1OC(F)F. The lowest BCUT2D eigenvalue weighted by molar-refractivity contribution is -0.0494. The predicted octanol–water partition coefficient (Wildman–Crippen LogP) is 4.94. The summed E-state index contributed by atoms with van der Waals surface area (Å²) in [7, 11) is 0. The van der Waals surface area contributed by atoms with E-state index in [0.29, 0.717) is 28.1 Å². The third-order valence-corrected chi connectivity index (χ3v) is 3.88. The zero-order valence-electron chi connectivity index (χ0n) is 14.7. The smallest absolute Gasteiger partial charge is 0.387 e. The van der Waals surface area contributed by atoms with Gasteiger partial charge in [-0.1, -0.05) is 59.8 Å². The molecule has 3 aromatic rings. The van der Waals surface area contributed by atoms with Crippen molar-refractivity contribution in [3.05, 3.63) is 78.4 Å². The predicted molar refractivity (Wildman–Crippen MR) is 105 cm³/mol. The highest BCUT2D eigenvalue weighted by Gasteiger charge is 2.16. The highest BCUT2D eigenvalue weighted by molar-refractivity contribution is 6.06. The topological polar surface area (TPSA) is 98.3 Å². The summed E-state index contributed by atoms with van der Waals surface area (Å²) in [6.45, 7) is -2.95. The summed E-state index contributed by atoms with van der Waals surface area (Å²) in [6.07, 6.45) is 0. The van der Waals surface area contributed by atoms with Crippen LogP contribution < -0.4 is 16.3 Å². The number of benzene rings is 3. The summed E-state index contributed by atoms with van der Waals surface area (Å²) in [5.74, 6) is 5.48. The molecule has 0 aliphatic carbocycles. The van der Waals surface area contributed by atoms with Crippen LogP contribution in [-0.2, 0) is 0 Å². The van der Waals surface area contributed by atoms with E-state index in [1.807, 2.05) is 0 Å². The van der Waals surface area contributed by atoms with Crippen molar-refractivity contribution < 1.29 is 13.5 Å². The summed E-state index contributed by atoms with van der Waals surface area (Å²) >= 11 is 0. The summed E-state index contributed by atoms with van der Waals surface area (Å²) in [6, 6.07) is 20.5. The Kier molecular flexibility index (Phi) is 5.91. The van der Waals surface area contributed by atoms with Gasteiger partial charge in [0.25, 0.3) is 0 Å². The number of para-hydroxylation sites is 3. The van der Waals surface area contributed by atoms with Crippen molar-refractivity contribution in [3.8, 4) is 16.9 Å². The second-order valence-electron chi connectivity index (χ2n) is 5.63. The lowest BCUT2D eigenvalue weighted by atomic mass is 9.98. The number of alkyl halides is 2. The van der Waals surface area contributed by atoms with Crippen LogP contribution in [0.3, 0.4) is 0 Å². The zero-order valence-corrected chi connectivity index (χ0v) is 14.7. The highest BCUT2D eigenvalue weighted by Crippen LogP contribution is 2.34. The molecule has 0 fully saturated rings. The molecule has 0 spiro atoms. The number of aliphatic imine (C=N–C) groups is 1. The lowest BCUT2D eigenvalue weighted by Crippen LogP contribution is -2.05. The van der Waals surface area contributed by atoms with Crippen LogP contribution in [0.2, 0.25) is 0 Å². The van der Waals surface area contributed by atoms with E-state index in [4.69, 9.17) is 11.6 Å². The van der Waals surface area contributed by atoms with E-state index in [9.17, 15) is 8.78 Å². The van der Waals surface area contributed by atoms with Crippen LogP contribution in [0.15, 0.2) is 88.1 Å². The molecule has 3 aromatic carbocycles. The van der Waals surface area contributed by atoms with Gasteiger partial charge in [-0.3, -0.25) is 0 Å². The zero-order chi connectivity index (χ0) is 19.9. The number of hydrogen-bond donors (Lipinski definition) is 2. The molecule has 0 heterocycles. The van der Waals surface area contributed by atoms with Crippen molar-refractivity contribution in [2.45, 2.75) is 6.61 Å². The molecule has 142 valence electrons. The minimum absolute atomic E-state index is 0.0354. The number of rotatable bonds is 5. The van der Waals surface area contributed by atoms with Gasteiger partial charge in [-0.2, -0.15) is 8.78 Å². The van der Waals surface area contributed by atoms with Crippen molar-refractivity contribution >= 4 is 17.2 Å². The Morgan fingerprint density at radius 3 is 2.21 bits per heavy atom. The molecule has 0 aliphatic rings. The molecule has 28 heavy (non-hydrogen) atoms. The van der Waals surface area contributed by atoms with E-state index in [2.05, 4.69) is 20.1 Å². The van der Waals surface area contributed by atoms with Crippen LogP contribution in [0.1, 0.15) is 5.56 Å². The molecule has 8 heteroatoms. The van der Waals surface area contributed by atoms with E-state index in [1.54, 1.807) is 66.7 Å². The molecule has 0 atom stereocenters. The van der Waals surface area contributed by atoms with E-state index < -0.39 is 6.61 Å². The molecular weight excluding hydrogens is 364 g/mol. The number of nitrogens with zero attached hydrogens (tertiary/aromatic N) is 3. The summed E-state index contributed by atoms with van der Waals surface area (Å²) in [5, 5.41) is 7.26. The molecule has 0 unspecified atom stereocenters. The normalized spacial score (nSPS) is 11.9. The van der Waals surface area contributed by atoms with E-state index in [0.717, 1.165) is 0 Å². The number of amidine groups is 1. The fourth-order valence-corrected chi connectivity index (χ4v) is 2.70. The van der Waals surface area contributed by atoms with Crippen LogP contribution in [0.4, 0.5) is 20.2 Å². The molecule has 0 saturated carbocycles. The third kappa shape index (κ3) is 4.29. The second kappa shape index (κ2) is 8.72. The molecule has 0 bridgehead atoms. The van der Waals surface area contributed by atoms with Gasteiger partial charge in [-0.25, -0.2) is 4.99 Å². The van der Waals surface area contributed by atoms with Gasteiger partial charge in [0.15, 0.2) is 5.84 Å². The van der Waals surface area contributed by atoms with Crippen LogP contribution >= 0.6 is 0 Å². The van der Waals surface area contributed by atoms with E-state index >= 15 is 0 Å². The Morgan fingerprint density at radius 1 is 0.857 bits per heavy atom. The van der Waals surface area contributed by atoms with Crippen molar-refractivity contribution in [2.75, 3.05) is 5.73 Å². The first-order valence-corrected chi connectivity index (χ1v) is 8.28. The van der Waals surface area contributed by atoms with Crippen LogP contribution in [-0.4, -0.2) is 12.4 Å². The summed E-state index contributed by atoms with van der Waals surface area (Å²) in [5.41, 5.74) is 8.46. The average molecular weight is 381 g/mol.